The van der Waals surface area contributed by atoms with E-state index in [0.717, 1.165) is 12.6 Å². The highest BCUT2D eigenvalue weighted by molar-refractivity contribution is 6.28. The predicted octanol–water partition coefficient (Wildman–Crippen LogP) is 2.11. The zero-order valence-electron chi connectivity index (χ0n) is 8.46. The second-order valence-corrected chi connectivity index (χ2v) is 3.15. The second kappa shape index (κ2) is 6.53. The highest BCUT2D eigenvalue weighted by atomic mass is 35.5. The van der Waals surface area contributed by atoms with Gasteiger partial charge in [0.15, 0.2) is 11.6 Å². The molecule has 0 fully saturated rings. The van der Waals surface area contributed by atoms with E-state index in [1.54, 1.807) is 0 Å². The van der Waals surface area contributed by atoms with Crippen molar-refractivity contribution in [2.24, 2.45) is 0 Å². The molecule has 1 aromatic rings. The van der Waals surface area contributed by atoms with E-state index in [1.165, 1.54) is 0 Å². The molecule has 0 unspecified atom stereocenters. The first kappa shape index (κ1) is 12.1. The average Bonchev–Trinajstić information content (AvgIpc) is 2.23. The molecule has 1 heterocycles. The Kier molecular flexibility index (Phi) is 5.28. The zero-order valence-corrected chi connectivity index (χ0v) is 9.22. The summed E-state index contributed by atoms with van der Waals surface area (Å²) in [5.74, 6) is -0.373. The standard InChI is InChI=1S/C9H13ClFN3O/c1-2-15-5-3-4-12-8-7(11)6-13-9(10)14-8/h6H,2-5H2,1H3,(H,12,13,14). The third-order valence-corrected chi connectivity index (χ3v) is 1.86. The molecule has 0 aliphatic carbocycles. The van der Waals surface area contributed by atoms with Crippen LogP contribution >= 0.6 is 11.6 Å². The Morgan fingerprint density at radius 1 is 1.60 bits per heavy atom. The maximum Gasteiger partial charge on any atom is 0.224 e. The minimum absolute atomic E-state index is 0.0312. The summed E-state index contributed by atoms with van der Waals surface area (Å²) < 4.78 is 18.2. The molecule has 1 N–H and O–H groups in total. The van der Waals surface area contributed by atoms with Gasteiger partial charge in [0, 0.05) is 19.8 Å². The normalized spacial score (nSPS) is 10.3. The number of anilines is 1. The number of nitrogens with zero attached hydrogens (tertiary/aromatic N) is 2. The van der Waals surface area contributed by atoms with Crippen molar-refractivity contribution in [1.29, 1.82) is 0 Å². The molecule has 1 rings (SSSR count). The predicted molar refractivity (Wildman–Crippen MR) is 56.6 cm³/mol. The first-order chi connectivity index (χ1) is 7.24. The van der Waals surface area contributed by atoms with Gasteiger partial charge in [0.25, 0.3) is 0 Å². The molecular formula is C9H13ClFN3O. The fraction of sp³-hybridized carbons (Fsp3) is 0.556. The van der Waals surface area contributed by atoms with Gasteiger partial charge in [-0.1, -0.05) is 0 Å². The van der Waals surface area contributed by atoms with Crippen molar-refractivity contribution in [3.8, 4) is 0 Å². The molecule has 15 heavy (non-hydrogen) atoms. The van der Waals surface area contributed by atoms with Crippen molar-refractivity contribution in [2.45, 2.75) is 13.3 Å². The highest BCUT2D eigenvalue weighted by Gasteiger charge is 2.04. The Bertz CT molecular complexity index is 311. The minimum Gasteiger partial charge on any atom is -0.382 e. The quantitative estimate of drug-likeness (QED) is 0.604. The largest absolute Gasteiger partial charge is 0.382 e. The number of rotatable bonds is 6. The van der Waals surface area contributed by atoms with E-state index < -0.39 is 5.82 Å². The van der Waals surface area contributed by atoms with Gasteiger partial charge in [0.2, 0.25) is 5.28 Å². The molecule has 6 heteroatoms. The van der Waals surface area contributed by atoms with E-state index in [0.29, 0.717) is 19.8 Å². The third-order valence-electron chi connectivity index (χ3n) is 1.68. The van der Waals surface area contributed by atoms with Crippen LogP contribution in [-0.4, -0.2) is 29.7 Å². The van der Waals surface area contributed by atoms with Gasteiger partial charge in [-0.15, -0.1) is 0 Å². The van der Waals surface area contributed by atoms with Crippen LogP contribution in [0.1, 0.15) is 13.3 Å². The number of aromatic nitrogens is 2. The second-order valence-electron chi connectivity index (χ2n) is 2.81. The Labute approximate surface area is 92.8 Å². The smallest absolute Gasteiger partial charge is 0.224 e. The van der Waals surface area contributed by atoms with Crippen LogP contribution in [0, 0.1) is 5.82 Å². The van der Waals surface area contributed by atoms with E-state index in [-0.39, 0.29) is 11.1 Å². The first-order valence-electron chi connectivity index (χ1n) is 4.73. The van der Waals surface area contributed by atoms with Crippen LogP contribution in [0.15, 0.2) is 6.20 Å². The fourth-order valence-electron chi connectivity index (χ4n) is 0.995. The van der Waals surface area contributed by atoms with Gasteiger partial charge in [-0.25, -0.2) is 9.37 Å². The van der Waals surface area contributed by atoms with Crippen molar-refractivity contribution < 1.29 is 9.13 Å². The number of hydrogen-bond acceptors (Lipinski definition) is 4. The lowest BCUT2D eigenvalue weighted by molar-refractivity contribution is 0.147. The molecule has 0 spiro atoms. The van der Waals surface area contributed by atoms with Gasteiger partial charge in [0.05, 0.1) is 6.20 Å². The summed E-state index contributed by atoms with van der Waals surface area (Å²) in [6, 6.07) is 0. The van der Waals surface area contributed by atoms with Gasteiger partial charge in [-0.2, -0.15) is 4.98 Å². The van der Waals surface area contributed by atoms with Gasteiger partial charge in [-0.05, 0) is 24.9 Å². The van der Waals surface area contributed by atoms with Crippen LogP contribution < -0.4 is 5.32 Å². The van der Waals surface area contributed by atoms with Crippen LogP contribution in [0.2, 0.25) is 5.28 Å². The lowest BCUT2D eigenvalue weighted by Crippen LogP contribution is -2.08. The molecule has 0 saturated carbocycles. The van der Waals surface area contributed by atoms with E-state index >= 15 is 0 Å². The van der Waals surface area contributed by atoms with Gasteiger partial charge in [-0.3, -0.25) is 0 Å². The first-order valence-corrected chi connectivity index (χ1v) is 5.11. The molecule has 0 atom stereocenters. The Hall–Kier alpha value is -0.940. The van der Waals surface area contributed by atoms with E-state index in [2.05, 4.69) is 15.3 Å². The molecular weight excluding hydrogens is 221 g/mol. The summed E-state index contributed by atoms with van der Waals surface area (Å²) >= 11 is 5.53. The van der Waals surface area contributed by atoms with Gasteiger partial charge >= 0.3 is 0 Å². The molecule has 4 nitrogen and oxygen atoms in total. The molecule has 0 aliphatic heterocycles. The number of nitrogens with one attached hydrogen (secondary N) is 1. The Morgan fingerprint density at radius 2 is 2.40 bits per heavy atom. The van der Waals surface area contributed by atoms with Gasteiger partial charge in [0.1, 0.15) is 0 Å². The van der Waals surface area contributed by atoms with Crippen LogP contribution in [0.25, 0.3) is 0 Å². The van der Waals surface area contributed by atoms with Crippen molar-refractivity contribution in [3.63, 3.8) is 0 Å². The van der Waals surface area contributed by atoms with Crippen molar-refractivity contribution in [2.75, 3.05) is 25.1 Å². The van der Waals surface area contributed by atoms with Gasteiger partial charge < -0.3 is 10.1 Å². The summed E-state index contributed by atoms with van der Waals surface area (Å²) in [4.78, 5) is 7.23. The van der Waals surface area contributed by atoms with Crippen LogP contribution in [0.5, 0.6) is 0 Å². The van der Waals surface area contributed by atoms with Crippen LogP contribution in [-0.2, 0) is 4.74 Å². The van der Waals surface area contributed by atoms with Crippen molar-refractivity contribution >= 4 is 17.4 Å². The van der Waals surface area contributed by atoms with E-state index in [9.17, 15) is 4.39 Å². The molecule has 0 aliphatic rings. The number of hydrogen-bond donors (Lipinski definition) is 1. The Balaban J connectivity index is 2.33. The average molecular weight is 234 g/mol. The lowest BCUT2D eigenvalue weighted by Gasteiger charge is -2.06. The maximum atomic E-state index is 13.1. The summed E-state index contributed by atoms with van der Waals surface area (Å²) in [5.41, 5.74) is 0. The number of halogens is 2. The topological polar surface area (TPSA) is 47.0 Å². The summed E-state index contributed by atoms with van der Waals surface area (Å²) in [6.45, 7) is 3.85. The molecule has 0 radical (unpaired) electrons. The van der Waals surface area contributed by atoms with Crippen molar-refractivity contribution in [1.82, 2.24) is 9.97 Å². The number of ether oxygens (including phenoxy) is 1. The Morgan fingerprint density at radius 3 is 3.13 bits per heavy atom. The van der Waals surface area contributed by atoms with Crippen LogP contribution in [0.3, 0.4) is 0 Å². The third kappa shape index (κ3) is 4.40. The molecule has 0 amide bonds. The SMILES string of the molecule is CCOCCCNc1nc(Cl)ncc1F. The lowest BCUT2D eigenvalue weighted by atomic mass is 10.4. The molecule has 1 aromatic heterocycles. The highest BCUT2D eigenvalue weighted by Crippen LogP contribution is 2.11. The molecule has 0 bridgehead atoms. The minimum atomic E-state index is -0.504. The zero-order chi connectivity index (χ0) is 11.1. The summed E-state index contributed by atoms with van der Waals surface area (Å²) in [7, 11) is 0. The van der Waals surface area contributed by atoms with E-state index in [1.807, 2.05) is 6.92 Å². The fourth-order valence-corrected chi connectivity index (χ4v) is 1.13. The molecule has 84 valence electrons. The van der Waals surface area contributed by atoms with E-state index in [4.69, 9.17) is 16.3 Å². The molecule has 0 aromatic carbocycles. The van der Waals surface area contributed by atoms with Crippen molar-refractivity contribution in [3.05, 3.63) is 17.3 Å². The maximum absolute atomic E-state index is 13.1. The monoisotopic (exact) mass is 233 g/mol. The molecule has 0 saturated heterocycles. The summed E-state index contributed by atoms with van der Waals surface area (Å²) in [5, 5.41) is 2.85. The van der Waals surface area contributed by atoms with Crippen LogP contribution in [0.4, 0.5) is 10.2 Å². The summed E-state index contributed by atoms with van der Waals surface area (Å²) in [6.07, 6.45) is 1.83.